The topological polar surface area (TPSA) is 32.7 Å². The van der Waals surface area contributed by atoms with Gasteiger partial charge in [-0.3, -0.25) is 9.69 Å². The summed E-state index contributed by atoms with van der Waals surface area (Å²) >= 11 is 0. The van der Waals surface area contributed by atoms with Gasteiger partial charge in [-0.2, -0.15) is 0 Å². The summed E-state index contributed by atoms with van der Waals surface area (Å²) < 4.78 is 0. The molecule has 0 radical (unpaired) electrons. The number of carbonyl (C=O) groups is 1. The fourth-order valence-corrected chi connectivity index (χ4v) is 1.66. The van der Waals surface area contributed by atoms with Crippen molar-refractivity contribution in [2.45, 2.75) is 13.8 Å². The quantitative estimate of drug-likeness (QED) is 0.660. The molecule has 3 nitrogen and oxygen atoms in total. The van der Waals surface area contributed by atoms with E-state index in [1.165, 1.54) is 0 Å². The van der Waals surface area contributed by atoms with Gasteiger partial charge in [0.05, 0.1) is 0 Å². The van der Waals surface area contributed by atoms with Crippen LogP contribution in [0.1, 0.15) is 19.4 Å². The highest BCUT2D eigenvalue weighted by Gasteiger charge is 2.25. The van der Waals surface area contributed by atoms with Crippen molar-refractivity contribution in [2.75, 3.05) is 7.05 Å². The molecule has 1 amide bonds. The summed E-state index contributed by atoms with van der Waals surface area (Å²) in [5.41, 5.74) is 2.51. The van der Waals surface area contributed by atoms with E-state index in [2.05, 4.69) is 4.99 Å². The Kier molecular flexibility index (Phi) is 2.60. The van der Waals surface area contributed by atoms with Gasteiger partial charge in [-0.15, -0.1) is 0 Å². The molecule has 82 valence electrons. The van der Waals surface area contributed by atoms with Gasteiger partial charge in [0.25, 0.3) is 5.91 Å². The van der Waals surface area contributed by atoms with Gasteiger partial charge in [0.2, 0.25) is 0 Å². The van der Waals surface area contributed by atoms with Crippen molar-refractivity contribution in [1.29, 1.82) is 0 Å². The minimum Gasteiger partial charge on any atom is -0.298 e. The highest BCUT2D eigenvalue weighted by Crippen LogP contribution is 2.24. The molecule has 1 aromatic carbocycles. The van der Waals surface area contributed by atoms with Crippen molar-refractivity contribution in [3.8, 4) is 0 Å². The number of rotatable bonds is 1. The summed E-state index contributed by atoms with van der Waals surface area (Å²) in [5.74, 6) is 0.717. The lowest BCUT2D eigenvalue weighted by Gasteiger charge is -2.07. The Morgan fingerprint density at radius 3 is 2.38 bits per heavy atom. The molecule has 0 saturated heterocycles. The molecule has 0 aromatic heterocycles. The Morgan fingerprint density at radius 2 is 1.88 bits per heavy atom. The number of amidine groups is 1. The zero-order valence-electron chi connectivity index (χ0n) is 9.69. The Bertz CT molecular complexity index is 486. The summed E-state index contributed by atoms with van der Waals surface area (Å²) in [6.07, 6.45) is 0. The molecule has 0 N–H and O–H groups in total. The average molecular weight is 214 g/mol. The predicted molar refractivity (Wildman–Crippen MR) is 64.9 cm³/mol. The number of likely N-dealkylation sites (N-methyl/N-ethyl adjacent to an activating group) is 1. The standard InChI is InChI=1S/C13H14N2O/c1-9(11-7-5-4-6-8-11)12-13(16)15(3)10(2)14-12/h4-8H,1-3H3/b12-9-. The molecule has 0 atom stereocenters. The van der Waals surface area contributed by atoms with Crippen molar-refractivity contribution >= 4 is 17.3 Å². The molecule has 0 saturated carbocycles. The number of carbonyl (C=O) groups excluding carboxylic acids is 1. The largest absolute Gasteiger partial charge is 0.298 e. The van der Waals surface area contributed by atoms with Crippen molar-refractivity contribution in [2.24, 2.45) is 4.99 Å². The van der Waals surface area contributed by atoms with Gasteiger partial charge < -0.3 is 0 Å². The second kappa shape index (κ2) is 3.93. The molecule has 0 fully saturated rings. The molecule has 16 heavy (non-hydrogen) atoms. The second-order valence-electron chi connectivity index (χ2n) is 3.86. The number of amides is 1. The Hall–Kier alpha value is -1.90. The maximum atomic E-state index is 11.9. The predicted octanol–water partition coefficient (Wildman–Crippen LogP) is 2.31. The maximum absolute atomic E-state index is 11.9. The van der Waals surface area contributed by atoms with Crippen LogP contribution in [0, 0.1) is 0 Å². The van der Waals surface area contributed by atoms with E-state index in [0.29, 0.717) is 5.70 Å². The first-order valence-corrected chi connectivity index (χ1v) is 5.21. The Morgan fingerprint density at radius 1 is 1.25 bits per heavy atom. The maximum Gasteiger partial charge on any atom is 0.277 e. The van der Waals surface area contributed by atoms with Gasteiger partial charge in [0, 0.05) is 7.05 Å². The van der Waals surface area contributed by atoms with E-state index < -0.39 is 0 Å². The van der Waals surface area contributed by atoms with Crippen molar-refractivity contribution in [3.05, 3.63) is 41.6 Å². The first-order valence-electron chi connectivity index (χ1n) is 5.21. The molecule has 1 aromatic rings. The van der Waals surface area contributed by atoms with Gasteiger partial charge in [-0.1, -0.05) is 30.3 Å². The normalized spacial score (nSPS) is 18.8. The number of nitrogens with zero attached hydrogens (tertiary/aromatic N) is 2. The number of allylic oxidation sites excluding steroid dienone is 1. The van der Waals surface area contributed by atoms with Crippen LogP contribution in [0.15, 0.2) is 41.0 Å². The van der Waals surface area contributed by atoms with Crippen LogP contribution in [0.5, 0.6) is 0 Å². The van der Waals surface area contributed by atoms with Crippen LogP contribution in [0.25, 0.3) is 5.57 Å². The van der Waals surface area contributed by atoms with Gasteiger partial charge in [0.15, 0.2) is 0 Å². The van der Waals surface area contributed by atoms with E-state index in [0.717, 1.165) is 17.0 Å². The van der Waals surface area contributed by atoms with Gasteiger partial charge >= 0.3 is 0 Å². The van der Waals surface area contributed by atoms with Crippen molar-refractivity contribution in [3.63, 3.8) is 0 Å². The Balaban J connectivity index is 2.48. The van der Waals surface area contributed by atoms with E-state index in [-0.39, 0.29) is 5.91 Å². The number of hydrogen-bond donors (Lipinski definition) is 0. The van der Waals surface area contributed by atoms with Crippen molar-refractivity contribution in [1.82, 2.24) is 4.90 Å². The smallest absolute Gasteiger partial charge is 0.277 e. The third-order valence-corrected chi connectivity index (χ3v) is 2.83. The summed E-state index contributed by atoms with van der Waals surface area (Å²) in [6.45, 7) is 3.77. The van der Waals surface area contributed by atoms with Gasteiger partial charge in [-0.25, -0.2) is 4.99 Å². The Labute approximate surface area is 95.1 Å². The molecule has 2 rings (SSSR count). The van der Waals surface area contributed by atoms with Crippen LogP contribution in [0.3, 0.4) is 0 Å². The first kappa shape index (κ1) is 10.6. The minimum atomic E-state index is -0.0288. The monoisotopic (exact) mass is 214 g/mol. The average Bonchev–Trinajstić information content (AvgIpc) is 2.57. The fourth-order valence-electron chi connectivity index (χ4n) is 1.66. The molecule has 0 aliphatic carbocycles. The third kappa shape index (κ3) is 1.65. The molecule has 0 bridgehead atoms. The molecule has 1 heterocycles. The lowest BCUT2D eigenvalue weighted by molar-refractivity contribution is -0.121. The number of aliphatic imine (C=N–C) groups is 1. The van der Waals surface area contributed by atoms with E-state index in [4.69, 9.17) is 0 Å². The van der Waals surface area contributed by atoms with E-state index in [1.54, 1.807) is 11.9 Å². The summed E-state index contributed by atoms with van der Waals surface area (Å²) in [7, 11) is 1.74. The second-order valence-corrected chi connectivity index (χ2v) is 3.86. The van der Waals surface area contributed by atoms with Gasteiger partial charge in [0.1, 0.15) is 11.5 Å². The van der Waals surface area contributed by atoms with Crippen molar-refractivity contribution < 1.29 is 4.79 Å². The van der Waals surface area contributed by atoms with Crippen LogP contribution in [-0.2, 0) is 4.79 Å². The zero-order chi connectivity index (χ0) is 11.7. The van der Waals surface area contributed by atoms with E-state index in [9.17, 15) is 4.79 Å². The van der Waals surface area contributed by atoms with E-state index >= 15 is 0 Å². The summed E-state index contributed by atoms with van der Waals surface area (Å²) in [4.78, 5) is 17.8. The number of hydrogen-bond acceptors (Lipinski definition) is 2. The third-order valence-electron chi connectivity index (χ3n) is 2.83. The molecule has 1 aliphatic rings. The van der Waals surface area contributed by atoms with Gasteiger partial charge in [-0.05, 0) is 25.0 Å². The van der Waals surface area contributed by atoms with Crippen LogP contribution in [0.2, 0.25) is 0 Å². The highest BCUT2D eigenvalue weighted by atomic mass is 16.2. The fraction of sp³-hybridized carbons (Fsp3) is 0.231. The highest BCUT2D eigenvalue weighted by molar-refractivity contribution is 6.14. The van der Waals surface area contributed by atoms with Crippen LogP contribution < -0.4 is 0 Å². The SMILES string of the molecule is CC1=N/C(=C(/C)c2ccccc2)C(=O)N1C. The van der Waals surface area contributed by atoms with Crippen LogP contribution >= 0.6 is 0 Å². The molecule has 1 aliphatic heterocycles. The molecule has 0 unspecified atom stereocenters. The molecular formula is C13H14N2O. The molecule has 3 heteroatoms. The number of benzene rings is 1. The zero-order valence-corrected chi connectivity index (χ0v) is 9.69. The van der Waals surface area contributed by atoms with E-state index in [1.807, 2.05) is 44.2 Å². The lowest BCUT2D eigenvalue weighted by Crippen LogP contribution is -2.25. The lowest BCUT2D eigenvalue weighted by atomic mass is 10.1. The summed E-state index contributed by atoms with van der Waals surface area (Å²) in [5, 5.41) is 0. The molecular weight excluding hydrogens is 200 g/mol. The summed E-state index contributed by atoms with van der Waals surface area (Å²) in [6, 6.07) is 9.84. The van der Waals surface area contributed by atoms with Crippen LogP contribution in [-0.4, -0.2) is 23.7 Å². The first-order chi connectivity index (χ1) is 7.61. The van der Waals surface area contributed by atoms with Crippen LogP contribution in [0.4, 0.5) is 0 Å². The minimum absolute atomic E-state index is 0.0288. The molecule has 0 spiro atoms.